The van der Waals surface area contributed by atoms with E-state index in [4.69, 9.17) is 14.2 Å². The van der Waals surface area contributed by atoms with Crippen molar-refractivity contribution in [2.24, 2.45) is 5.92 Å². The summed E-state index contributed by atoms with van der Waals surface area (Å²) in [6.45, 7) is 1.54. The van der Waals surface area contributed by atoms with Crippen LogP contribution in [-0.4, -0.2) is 34.5 Å². The van der Waals surface area contributed by atoms with Gasteiger partial charge in [0.15, 0.2) is 11.5 Å². The van der Waals surface area contributed by atoms with Gasteiger partial charge in [-0.25, -0.2) is 0 Å². The van der Waals surface area contributed by atoms with Gasteiger partial charge in [0, 0.05) is 6.61 Å². The Morgan fingerprint density at radius 1 is 1.20 bits per heavy atom. The van der Waals surface area contributed by atoms with Crippen LogP contribution in [0.15, 0.2) is 18.2 Å². The van der Waals surface area contributed by atoms with E-state index in [0.717, 1.165) is 29.6 Å². The SMILES string of the molecule is CNC(COCCC1CC1)c1ccc(OC)c(OC)c1. The van der Waals surface area contributed by atoms with Crippen molar-refractivity contribution in [2.75, 3.05) is 34.5 Å². The zero-order chi connectivity index (χ0) is 14.4. The average molecular weight is 279 g/mol. The molecule has 0 spiro atoms. The van der Waals surface area contributed by atoms with Crippen LogP contribution in [0.5, 0.6) is 11.5 Å². The Hall–Kier alpha value is -1.26. The average Bonchev–Trinajstić information content (AvgIpc) is 3.31. The molecule has 1 aliphatic carbocycles. The molecule has 2 rings (SSSR count). The Morgan fingerprint density at radius 3 is 2.55 bits per heavy atom. The van der Waals surface area contributed by atoms with Gasteiger partial charge in [0.1, 0.15) is 0 Å². The van der Waals surface area contributed by atoms with E-state index in [9.17, 15) is 0 Å². The predicted molar refractivity (Wildman–Crippen MR) is 79.5 cm³/mol. The third-order valence-electron chi connectivity index (χ3n) is 3.81. The highest BCUT2D eigenvalue weighted by atomic mass is 16.5. The molecular weight excluding hydrogens is 254 g/mol. The number of likely N-dealkylation sites (N-methyl/N-ethyl adjacent to an activating group) is 1. The van der Waals surface area contributed by atoms with Crippen molar-refractivity contribution in [2.45, 2.75) is 25.3 Å². The predicted octanol–water partition coefficient (Wildman–Crippen LogP) is 2.78. The fraction of sp³-hybridized carbons (Fsp3) is 0.625. The Balaban J connectivity index is 1.91. The highest BCUT2D eigenvalue weighted by molar-refractivity contribution is 5.43. The summed E-state index contributed by atoms with van der Waals surface area (Å²) in [7, 11) is 5.25. The Morgan fingerprint density at radius 2 is 1.95 bits per heavy atom. The lowest BCUT2D eigenvalue weighted by molar-refractivity contribution is 0.108. The summed E-state index contributed by atoms with van der Waals surface area (Å²) in [6, 6.07) is 6.16. The van der Waals surface area contributed by atoms with Gasteiger partial charge in [-0.15, -0.1) is 0 Å². The Bertz CT molecular complexity index is 418. The minimum absolute atomic E-state index is 0.175. The number of nitrogens with one attached hydrogen (secondary N) is 1. The molecule has 1 saturated carbocycles. The summed E-state index contributed by atoms with van der Waals surface area (Å²) in [4.78, 5) is 0. The van der Waals surface area contributed by atoms with Crippen molar-refractivity contribution in [3.63, 3.8) is 0 Å². The van der Waals surface area contributed by atoms with Crippen LogP contribution in [0.25, 0.3) is 0 Å². The first-order valence-corrected chi connectivity index (χ1v) is 7.25. The molecule has 0 saturated heterocycles. The minimum atomic E-state index is 0.175. The van der Waals surface area contributed by atoms with Crippen LogP contribution in [0.1, 0.15) is 30.9 Å². The fourth-order valence-electron chi connectivity index (χ4n) is 2.27. The molecule has 4 heteroatoms. The van der Waals surface area contributed by atoms with Crippen molar-refractivity contribution in [3.8, 4) is 11.5 Å². The molecule has 1 N–H and O–H groups in total. The largest absolute Gasteiger partial charge is 0.493 e. The van der Waals surface area contributed by atoms with Gasteiger partial charge in [-0.1, -0.05) is 18.9 Å². The van der Waals surface area contributed by atoms with E-state index >= 15 is 0 Å². The van der Waals surface area contributed by atoms with E-state index in [1.807, 2.05) is 25.2 Å². The highest BCUT2D eigenvalue weighted by Crippen LogP contribution is 2.32. The van der Waals surface area contributed by atoms with Crippen LogP contribution in [0.4, 0.5) is 0 Å². The van der Waals surface area contributed by atoms with Crippen LogP contribution in [-0.2, 0) is 4.74 Å². The van der Waals surface area contributed by atoms with E-state index < -0.39 is 0 Å². The van der Waals surface area contributed by atoms with Crippen molar-refractivity contribution >= 4 is 0 Å². The Labute approximate surface area is 121 Å². The second-order valence-electron chi connectivity index (χ2n) is 5.26. The minimum Gasteiger partial charge on any atom is -0.493 e. The molecule has 1 aromatic rings. The molecule has 20 heavy (non-hydrogen) atoms. The fourth-order valence-corrected chi connectivity index (χ4v) is 2.27. The van der Waals surface area contributed by atoms with Gasteiger partial charge < -0.3 is 19.5 Å². The number of methoxy groups -OCH3 is 2. The van der Waals surface area contributed by atoms with Crippen molar-refractivity contribution in [1.29, 1.82) is 0 Å². The molecule has 0 bridgehead atoms. The van der Waals surface area contributed by atoms with Crippen LogP contribution >= 0.6 is 0 Å². The van der Waals surface area contributed by atoms with Crippen molar-refractivity contribution in [3.05, 3.63) is 23.8 Å². The van der Waals surface area contributed by atoms with Gasteiger partial charge in [0.25, 0.3) is 0 Å². The molecular formula is C16H25NO3. The molecule has 0 radical (unpaired) electrons. The second kappa shape index (κ2) is 7.50. The standard InChI is InChI=1S/C16H25NO3/c1-17-14(11-20-9-8-12-4-5-12)13-6-7-15(18-2)16(10-13)19-3/h6-7,10,12,14,17H,4-5,8-9,11H2,1-3H3. The smallest absolute Gasteiger partial charge is 0.161 e. The maximum absolute atomic E-state index is 5.79. The summed E-state index contributed by atoms with van der Waals surface area (Å²) < 4.78 is 16.4. The van der Waals surface area contributed by atoms with E-state index in [1.54, 1.807) is 14.2 Å². The first-order chi connectivity index (χ1) is 9.78. The van der Waals surface area contributed by atoms with Crippen LogP contribution in [0, 0.1) is 5.92 Å². The van der Waals surface area contributed by atoms with Gasteiger partial charge >= 0.3 is 0 Å². The lowest BCUT2D eigenvalue weighted by atomic mass is 10.1. The normalized spacial score (nSPS) is 15.9. The quantitative estimate of drug-likeness (QED) is 0.706. The number of hydrogen-bond acceptors (Lipinski definition) is 4. The Kier molecular flexibility index (Phi) is 5.68. The molecule has 1 aliphatic rings. The number of rotatable bonds is 9. The third kappa shape index (κ3) is 4.12. The zero-order valence-electron chi connectivity index (χ0n) is 12.6. The van der Waals surface area contributed by atoms with Crippen LogP contribution in [0.2, 0.25) is 0 Å². The molecule has 0 amide bonds. The topological polar surface area (TPSA) is 39.7 Å². The summed E-state index contributed by atoms with van der Waals surface area (Å²) >= 11 is 0. The number of hydrogen-bond donors (Lipinski definition) is 1. The number of benzene rings is 1. The molecule has 1 fully saturated rings. The van der Waals surface area contributed by atoms with Gasteiger partial charge in [0.2, 0.25) is 0 Å². The molecule has 0 aromatic heterocycles. The van der Waals surface area contributed by atoms with Crippen molar-refractivity contribution in [1.82, 2.24) is 5.32 Å². The number of ether oxygens (including phenoxy) is 3. The van der Waals surface area contributed by atoms with Crippen LogP contribution in [0.3, 0.4) is 0 Å². The van der Waals surface area contributed by atoms with E-state index in [2.05, 4.69) is 5.32 Å². The molecule has 0 aliphatic heterocycles. The van der Waals surface area contributed by atoms with Crippen molar-refractivity contribution < 1.29 is 14.2 Å². The molecule has 1 aromatic carbocycles. The van der Waals surface area contributed by atoms with Gasteiger partial charge in [-0.2, -0.15) is 0 Å². The summed E-state index contributed by atoms with van der Waals surface area (Å²) in [5, 5.41) is 3.29. The maximum atomic E-state index is 5.79. The molecule has 1 atom stereocenters. The zero-order valence-corrected chi connectivity index (χ0v) is 12.6. The lowest BCUT2D eigenvalue weighted by Gasteiger charge is -2.18. The summed E-state index contributed by atoms with van der Waals surface area (Å²) in [5.74, 6) is 2.42. The van der Waals surface area contributed by atoms with E-state index in [1.165, 1.54) is 19.3 Å². The monoisotopic (exact) mass is 279 g/mol. The van der Waals surface area contributed by atoms with Gasteiger partial charge in [0.05, 0.1) is 26.9 Å². The molecule has 0 heterocycles. The molecule has 4 nitrogen and oxygen atoms in total. The maximum Gasteiger partial charge on any atom is 0.161 e. The second-order valence-corrected chi connectivity index (χ2v) is 5.26. The summed E-state index contributed by atoms with van der Waals surface area (Å²) in [6.07, 6.45) is 3.96. The third-order valence-corrected chi connectivity index (χ3v) is 3.81. The first kappa shape index (κ1) is 15.1. The highest BCUT2D eigenvalue weighted by Gasteiger charge is 2.20. The molecule has 1 unspecified atom stereocenters. The lowest BCUT2D eigenvalue weighted by Crippen LogP contribution is -2.22. The van der Waals surface area contributed by atoms with Gasteiger partial charge in [-0.05, 0) is 37.1 Å². The van der Waals surface area contributed by atoms with Crippen LogP contribution < -0.4 is 14.8 Å². The van der Waals surface area contributed by atoms with E-state index in [0.29, 0.717) is 6.61 Å². The first-order valence-electron chi connectivity index (χ1n) is 7.25. The van der Waals surface area contributed by atoms with Gasteiger partial charge in [-0.3, -0.25) is 0 Å². The van der Waals surface area contributed by atoms with E-state index in [-0.39, 0.29) is 6.04 Å². The molecule has 112 valence electrons. The summed E-state index contributed by atoms with van der Waals surface area (Å²) in [5.41, 5.74) is 1.15.